The third-order valence-corrected chi connectivity index (χ3v) is 3.73. The van der Waals surface area contributed by atoms with Crippen LogP contribution in [-0.2, 0) is 0 Å². The van der Waals surface area contributed by atoms with Gasteiger partial charge in [0.1, 0.15) is 0 Å². The van der Waals surface area contributed by atoms with Crippen molar-refractivity contribution in [1.29, 1.82) is 5.41 Å². The van der Waals surface area contributed by atoms with E-state index in [2.05, 4.69) is 0 Å². The fraction of sp³-hybridized carbons (Fsp3) is 0.0476. The van der Waals surface area contributed by atoms with Crippen LogP contribution in [-0.4, -0.2) is 11.5 Å². The van der Waals surface area contributed by atoms with E-state index >= 15 is 0 Å². The lowest BCUT2D eigenvalue weighted by Crippen LogP contribution is -2.06. The summed E-state index contributed by atoms with van der Waals surface area (Å²) in [6.45, 7) is 1.95. The molecule has 1 N–H and O–H groups in total. The molecule has 0 fully saturated rings. The Morgan fingerprint density at radius 2 is 1.22 bits per heavy atom. The molecule has 0 saturated carbocycles. The largest absolute Gasteiger partial charge is 0.300 e. The molecule has 0 aromatic heterocycles. The smallest absolute Gasteiger partial charge is 0.193 e. The first kappa shape index (κ1) is 14.9. The molecule has 0 radical (unpaired) electrons. The monoisotopic (exact) mass is 299 g/mol. The standard InChI is InChI=1S/C21H17NO/c1-15-12-18(20(22)16-8-4-2-5-9-16)14-19(13-15)21(23)17-10-6-3-7-11-17/h2-14,22H,1H3. The van der Waals surface area contributed by atoms with Crippen LogP contribution < -0.4 is 0 Å². The van der Waals surface area contributed by atoms with Crippen molar-refractivity contribution in [3.05, 3.63) is 107 Å². The zero-order valence-corrected chi connectivity index (χ0v) is 12.9. The molecular formula is C21H17NO. The minimum absolute atomic E-state index is 0.0172. The molecule has 0 spiro atoms. The number of rotatable bonds is 4. The van der Waals surface area contributed by atoms with Crippen LogP contribution in [0.2, 0.25) is 0 Å². The number of nitrogens with one attached hydrogen (secondary N) is 1. The molecule has 0 aliphatic rings. The van der Waals surface area contributed by atoms with Gasteiger partial charge in [-0.2, -0.15) is 0 Å². The van der Waals surface area contributed by atoms with E-state index in [1.165, 1.54) is 0 Å². The third-order valence-electron chi connectivity index (χ3n) is 3.73. The number of benzene rings is 3. The second kappa shape index (κ2) is 6.41. The van der Waals surface area contributed by atoms with Crippen molar-refractivity contribution < 1.29 is 4.79 Å². The Morgan fingerprint density at radius 1 is 0.696 bits per heavy atom. The van der Waals surface area contributed by atoms with Gasteiger partial charge in [-0.15, -0.1) is 0 Å². The van der Waals surface area contributed by atoms with Gasteiger partial charge in [0.15, 0.2) is 5.78 Å². The van der Waals surface area contributed by atoms with Crippen molar-refractivity contribution in [2.75, 3.05) is 0 Å². The summed E-state index contributed by atoms with van der Waals surface area (Å²) in [7, 11) is 0. The maximum absolute atomic E-state index is 12.6. The van der Waals surface area contributed by atoms with E-state index in [-0.39, 0.29) is 5.78 Å². The molecule has 0 aliphatic carbocycles. The highest BCUT2D eigenvalue weighted by Crippen LogP contribution is 2.17. The van der Waals surface area contributed by atoms with Crippen molar-refractivity contribution in [1.82, 2.24) is 0 Å². The fourth-order valence-corrected chi connectivity index (χ4v) is 2.59. The number of hydrogen-bond donors (Lipinski definition) is 1. The molecule has 0 amide bonds. The maximum atomic E-state index is 12.6. The molecule has 2 nitrogen and oxygen atoms in total. The first-order valence-electron chi connectivity index (χ1n) is 7.51. The summed E-state index contributed by atoms with van der Waals surface area (Å²) in [4.78, 5) is 12.6. The molecule has 0 bridgehead atoms. The van der Waals surface area contributed by atoms with Crippen LogP contribution in [0, 0.1) is 12.3 Å². The molecule has 0 heterocycles. The molecule has 23 heavy (non-hydrogen) atoms. The first-order chi connectivity index (χ1) is 11.1. The summed E-state index contributed by atoms with van der Waals surface area (Å²) in [6.07, 6.45) is 0. The minimum atomic E-state index is -0.0172. The molecule has 0 aliphatic heterocycles. The molecule has 2 heteroatoms. The van der Waals surface area contributed by atoms with E-state index < -0.39 is 0 Å². The van der Waals surface area contributed by atoms with Crippen molar-refractivity contribution in [2.24, 2.45) is 0 Å². The van der Waals surface area contributed by atoms with E-state index in [9.17, 15) is 4.79 Å². The summed E-state index contributed by atoms with van der Waals surface area (Å²) in [5.41, 5.74) is 4.28. The average molecular weight is 299 g/mol. The Hall–Kier alpha value is -3.00. The van der Waals surface area contributed by atoms with Gasteiger partial charge in [0, 0.05) is 16.7 Å². The zero-order valence-electron chi connectivity index (χ0n) is 12.9. The quantitative estimate of drug-likeness (QED) is 0.553. The lowest BCUT2D eigenvalue weighted by Gasteiger charge is -2.09. The van der Waals surface area contributed by atoms with Gasteiger partial charge in [-0.25, -0.2) is 0 Å². The van der Waals surface area contributed by atoms with E-state index in [0.29, 0.717) is 16.8 Å². The van der Waals surface area contributed by atoms with E-state index in [0.717, 1.165) is 16.7 Å². The SMILES string of the molecule is Cc1cc(C(=N)c2ccccc2)cc(C(=O)c2ccccc2)c1. The van der Waals surface area contributed by atoms with Gasteiger partial charge < -0.3 is 0 Å². The first-order valence-corrected chi connectivity index (χ1v) is 7.51. The second-order valence-electron chi connectivity index (χ2n) is 5.52. The van der Waals surface area contributed by atoms with Crippen LogP contribution in [0.1, 0.15) is 32.6 Å². The lowest BCUT2D eigenvalue weighted by atomic mass is 9.95. The van der Waals surface area contributed by atoms with Gasteiger partial charge in [-0.05, 0) is 36.2 Å². The maximum Gasteiger partial charge on any atom is 0.193 e. The van der Waals surface area contributed by atoms with E-state index in [1.54, 1.807) is 6.07 Å². The topological polar surface area (TPSA) is 40.9 Å². The Labute approximate surface area is 135 Å². The predicted octanol–water partition coefficient (Wildman–Crippen LogP) is 4.64. The van der Waals surface area contributed by atoms with Gasteiger partial charge in [-0.1, -0.05) is 60.7 Å². The van der Waals surface area contributed by atoms with Crippen LogP contribution in [0.5, 0.6) is 0 Å². The summed E-state index contributed by atoms with van der Waals surface area (Å²) >= 11 is 0. The molecule has 0 unspecified atom stereocenters. The molecule has 0 atom stereocenters. The van der Waals surface area contributed by atoms with Gasteiger partial charge >= 0.3 is 0 Å². The summed E-state index contributed by atoms with van der Waals surface area (Å²) in [6, 6.07) is 24.4. The van der Waals surface area contributed by atoms with Crippen molar-refractivity contribution in [3.63, 3.8) is 0 Å². The highest BCUT2D eigenvalue weighted by molar-refractivity contribution is 6.14. The fourth-order valence-electron chi connectivity index (χ4n) is 2.59. The second-order valence-corrected chi connectivity index (χ2v) is 5.52. The van der Waals surface area contributed by atoms with Crippen LogP contribution >= 0.6 is 0 Å². The van der Waals surface area contributed by atoms with Crippen LogP contribution in [0.25, 0.3) is 0 Å². The zero-order chi connectivity index (χ0) is 16.2. The van der Waals surface area contributed by atoms with Gasteiger partial charge in [0.05, 0.1) is 5.71 Å². The van der Waals surface area contributed by atoms with Gasteiger partial charge in [0.25, 0.3) is 0 Å². The molecule has 0 saturated heterocycles. The Bertz CT molecular complexity index is 782. The van der Waals surface area contributed by atoms with Crippen LogP contribution in [0.4, 0.5) is 0 Å². The number of carbonyl (C=O) groups is 1. The van der Waals surface area contributed by atoms with Crippen molar-refractivity contribution >= 4 is 11.5 Å². The van der Waals surface area contributed by atoms with E-state index in [1.807, 2.05) is 79.7 Å². The molecule has 3 aromatic rings. The number of carbonyl (C=O) groups excluding carboxylic acids is 1. The van der Waals surface area contributed by atoms with E-state index in [4.69, 9.17) is 5.41 Å². The van der Waals surface area contributed by atoms with Crippen LogP contribution in [0.15, 0.2) is 78.9 Å². The van der Waals surface area contributed by atoms with Crippen molar-refractivity contribution in [2.45, 2.75) is 6.92 Å². The minimum Gasteiger partial charge on any atom is -0.300 e. The number of ketones is 1. The third kappa shape index (κ3) is 3.27. The summed E-state index contributed by atoms with van der Waals surface area (Å²) in [5.74, 6) is -0.0172. The predicted molar refractivity (Wildman–Crippen MR) is 93.4 cm³/mol. The number of aryl methyl sites for hydroxylation is 1. The van der Waals surface area contributed by atoms with Gasteiger partial charge in [0.2, 0.25) is 0 Å². The Morgan fingerprint density at radius 3 is 1.83 bits per heavy atom. The summed E-state index contributed by atoms with van der Waals surface area (Å²) in [5, 5.41) is 8.40. The van der Waals surface area contributed by atoms with Gasteiger partial charge in [-0.3, -0.25) is 10.2 Å². The molecule has 3 rings (SSSR count). The van der Waals surface area contributed by atoms with Crippen molar-refractivity contribution in [3.8, 4) is 0 Å². The lowest BCUT2D eigenvalue weighted by molar-refractivity contribution is 0.103. The normalized spacial score (nSPS) is 10.3. The number of hydrogen-bond acceptors (Lipinski definition) is 2. The highest BCUT2D eigenvalue weighted by atomic mass is 16.1. The summed E-state index contributed by atoms with van der Waals surface area (Å²) < 4.78 is 0. The average Bonchev–Trinajstić information content (AvgIpc) is 2.61. The highest BCUT2D eigenvalue weighted by Gasteiger charge is 2.12. The Kier molecular flexibility index (Phi) is 4.15. The molecule has 3 aromatic carbocycles. The van der Waals surface area contributed by atoms with Crippen LogP contribution in [0.3, 0.4) is 0 Å². The molecular weight excluding hydrogens is 282 g/mol. The Balaban J connectivity index is 2.00. The molecule has 112 valence electrons.